The maximum Gasteiger partial charge on any atom is 0.236 e. The molecule has 138 valence electrons. The van der Waals surface area contributed by atoms with E-state index in [-0.39, 0.29) is 11.6 Å². The Morgan fingerprint density at radius 1 is 0.963 bits per heavy atom. The molecule has 1 aromatic heterocycles. The highest BCUT2D eigenvalue weighted by molar-refractivity contribution is 6.09. The van der Waals surface area contributed by atoms with Crippen molar-refractivity contribution in [2.75, 3.05) is 0 Å². The van der Waals surface area contributed by atoms with Gasteiger partial charge in [-0.15, -0.1) is 0 Å². The summed E-state index contributed by atoms with van der Waals surface area (Å²) in [5.74, 6) is 0.389. The van der Waals surface area contributed by atoms with Crippen molar-refractivity contribution in [2.24, 2.45) is 5.41 Å². The Labute approximate surface area is 158 Å². The van der Waals surface area contributed by atoms with E-state index in [0.717, 1.165) is 0 Å². The van der Waals surface area contributed by atoms with Crippen molar-refractivity contribution in [3.63, 3.8) is 0 Å². The molecule has 0 N–H and O–H groups in total. The predicted octanol–water partition coefficient (Wildman–Crippen LogP) is 4.31. The van der Waals surface area contributed by atoms with Crippen LogP contribution in [0.25, 0.3) is 0 Å². The molecule has 3 aromatic rings. The fourth-order valence-electron chi connectivity index (χ4n) is 2.60. The van der Waals surface area contributed by atoms with E-state index in [2.05, 4.69) is 4.98 Å². The number of imidazole rings is 1. The molecule has 1 atom stereocenters. The number of benzene rings is 2. The van der Waals surface area contributed by atoms with Crippen LogP contribution in [0, 0.1) is 5.41 Å². The number of carbonyl (C=O) groups is 2. The van der Waals surface area contributed by atoms with Gasteiger partial charge in [0, 0.05) is 28.9 Å². The highest BCUT2D eigenvalue weighted by Crippen LogP contribution is 2.27. The van der Waals surface area contributed by atoms with Gasteiger partial charge in [-0.3, -0.25) is 14.2 Å². The summed E-state index contributed by atoms with van der Waals surface area (Å²) in [6.07, 6.45) is 4.04. The van der Waals surface area contributed by atoms with Crippen LogP contribution in [0.4, 0.5) is 0 Å². The normalized spacial score (nSPS) is 12.4. The molecule has 0 aliphatic rings. The molecule has 0 aliphatic heterocycles. The first-order valence-electron chi connectivity index (χ1n) is 8.74. The summed E-state index contributed by atoms with van der Waals surface area (Å²) in [6.45, 7) is 5.55. The van der Waals surface area contributed by atoms with Crippen molar-refractivity contribution >= 4 is 11.6 Å². The van der Waals surface area contributed by atoms with Gasteiger partial charge in [0.1, 0.15) is 5.75 Å². The zero-order valence-electron chi connectivity index (χ0n) is 15.6. The van der Waals surface area contributed by atoms with E-state index in [0.29, 0.717) is 16.9 Å². The first-order chi connectivity index (χ1) is 12.9. The standard InChI is InChI=1S/C22H22N2O3/c1-22(2,3)20(26)21(24-14-13-23-15-24)27-18-11-9-17(10-12-18)19(25)16-7-5-4-6-8-16/h4-15,21H,1-3H3. The molecule has 0 amide bonds. The topological polar surface area (TPSA) is 61.2 Å². The van der Waals surface area contributed by atoms with Gasteiger partial charge in [-0.05, 0) is 24.3 Å². The number of ketones is 2. The highest BCUT2D eigenvalue weighted by atomic mass is 16.5. The SMILES string of the molecule is CC(C)(C)C(=O)C(Oc1ccc(C(=O)c2ccccc2)cc1)n1ccnc1. The molecule has 2 aromatic carbocycles. The second-order valence-corrected chi connectivity index (χ2v) is 7.31. The number of nitrogens with zero attached hydrogens (tertiary/aromatic N) is 2. The number of rotatable bonds is 6. The Bertz CT molecular complexity index is 908. The van der Waals surface area contributed by atoms with Crippen LogP contribution in [0.5, 0.6) is 5.75 Å². The van der Waals surface area contributed by atoms with Gasteiger partial charge in [0.05, 0.1) is 6.33 Å². The van der Waals surface area contributed by atoms with E-state index >= 15 is 0 Å². The first kappa shape index (κ1) is 18.6. The van der Waals surface area contributed by atoms with Crippen LogP contribution < -0.4 is 4.74 Å². The van der Waals surface area contributed by atoms with E-state index in [4.69, 9.17) is 4.74 Å². The maximum atomic E-state index is 12.8. The lowest BCUT2D eigenvalue weighted by atomic mass is 9.89. The van der Waals surface area contributed by atoms with Crippen molar-refractivity contribution in [3.05, 3.63) is 84.4 Å². The van der Waals surface area contributed by atoms with E-state index in [9.17, 15) is 9.59 Å². The zero-order chi connectivity index (χ0) is 19.4. The number of aromatic nitrogens is 2. The van der Waals surface area contributed by atoms with Crippen LogP contribution in [0.3, 0.4) is 0 Å². The Hall–Kier alpha value is -3.21. The quantitative estimate of drug-likeness (QED) is 0.613. The summed E-state index contributed by atoms with van der Waals surface area (Å²) in [7, 11) is 0. The van der Waals surface area contributed by atoms with Gasteiger partial charge in [0.2, 0.25) is 6.23 Å². The van der Waals surface area contributed by atoms with Crippen molar-refractivity contribution in [1.82, 2.24) is 9.55 Å². The molecule has 0 radical (unpaired) electrons. The molecule has 1 unspecified atom stereocenters. The highest BCUT2D eigenvalue weighted by Gasteiger charge is 2.32. The van der Waals surface area contributed by atoms with Crippen LogP contribution in [0.15, 0.2) is 73.3 Å². The van der Waals surface area contributed by atoms with E-state index in [1.54, 1.807) is 59.7 Å². The third kappa shape index (κ3) is 4.31. The minimum absolute atomic E-state index is 0.0564. The summed E-state index contributed by atoms with van der Waals surface area (Å²) in [6, 6.07) is 15.9. The minimum atomic E-state index is -0.817. The predicted molar refractivity (Wildman–Crippen MR) is 103 cm³/mol. The summed E-state index contributed by atoms with van der Waals surface area (Å²) in [5, 5.41) is 0. The van der Waals surface area contributed by atoms with Crippen LogP contribution in [-0.4, -0.2) is 21.1 Å². The summed E-state index contributed by atoms with van der Waals surface area (Å²) in [4.78, 5) is 29.3. The summed E-state index contributed by atoms with van der Waals surface area (Å²) < 4.78 is 7.59. The Balaban J connectivity index is 1.81. The summed E-state index contributed by atoms with van der Waals surface area (Å²) >= 11 is 0. The first-order valence-corrected chi connectivity index (χ1v) is 8.74. The molecule has 0 aliphatic carbocycles. The van der Waals surface area contributed by atoms with Gasteiger partial charge in [0.25, 0.3) is 0 Å². The van der Waals surface area contributed by atoms with E-state index < -0.39 is 11.6 Å². The van der Waals surface area contributed by atoms with Gasteiger partial charge < -0.3 is 4.74 Å². The molecule has 0 bridgehead atoms. The van der Waals surface area contributed by atoms with Crippen LogP contribution in [0.2, 0.25) is 0 Å². The van der Waals surface area contributed by atoms with E-state index in [1.165, 1.54) is 0 Å². The lowest BCUT2D eigenvalue weighted by Crippen LogP contribution is -2.33. The number of hydrogen-bond donors (Lipinski definition) is 0. The molecular formula is C22H22N2O3. The largest absolute Gasteiger partial charge is 0.463 e. The number of Topliss-reactive ketones (excluding diaryl/α,β-unsaturated/α-hetero) is 1. The zero-order valence-corrected chi connectivity index (χ0v) is 15.6. The van der Waals surface area contributed by atoms with Gasteiger partial charge >= 0.3 is 0 Å². The lowest BCUT2D eigenvalue weighted by molar-refractivity contribution is -0.137. The molecular weight excluding hydrogens is 340 g/mol. The molecule has 5 heteroatoms. The molecule has 27 heavy (non-hydrogen) atoms. The minimum Gasteiger partial charge on any atom is -0.463 e. The third-order valence-electron chi connectivity index (χ3n) is 4.16. The fraction of sp³-hybridized carbons (Fsp3) is 0.227. The van der Waals surface area contributed by atoms with Gasteiger partial charge in [-0.2, -0.15) is 0 Å². The molecule has 3 rings (SSSR count). The Morgan fingerprint density at radius 3 is 2.15 bits per heavy atom. The third-order valence-corrected chi connectivity index (χ3v) is 4.16. The Morgan fingerprint density at radius 2 is 1.59 bits per heavy atom. The Kier molecular flexibility index (Phi) is 5.21. The lowest BCUT2D eigenvalue weighted by Gasteiger charge is -2.26. The molecule has 0 saturated heterocycles. The smallest absolute Gasteiger partial charge is 0.236 e. The number of carbonyl (C=O) groups excluding carboxylic acids is 2. The average Bonchev–Trinajstić information content (AvgIpc) is 3.20. The van der Waals surface area contributed by atoms with Crippen molar-refractivity contribution < 1.29 is 14.3 Å². The fourth-order valence-corrected chi connectivity index (χ4v) is 2.60. The number of hydrogen-bond acceptors (Lipinski definition) is 4. The van der Waals surface area contributed by atoms with Gasteiger partial charge in [-0.25, -0.2) is 4.98 Å². The van der Waals surface area contributed by atoms with Crippen LogP contribution in [-0.2, 0) is 4.79 Å². The molecule has 0 saturated carbocycles. The molecule has 1 heterocycles. The van der Waals surface area contributed by atoms with Crippen molar-refractivity contribution in [2.45, 2.75) is 27.0 Å². The summed E-state index contributed by atoms with van der Waals surface area (Å²) in [5.41, 5.74) is 0.623. The van der Waals surface area contributed by atoms with E-state index in [1.807, 2.05) is 39.0 Å². The maximum absolute atomic E-state index is 12.8. The number of ether oxygens (including phenoxy) is 1. The van der Waals surface area contributed by atoms with Gasteiger partial charge in [-0.1, -0.05) is 51.1 Å². The molecule has 0 fully saturated rings. The molecule has 0 spiro atoms. The molecule has 5 nitrogen and oxygen atoms in total. The second kappa shape index (κ2) is 7.58. The van der Waals surface area contributed by atoms with Crippen LogP contribution >= 0.6 is 0 Å². The average molecular weight is 362 g/mol. The second-order valence-electron chi connectivity index (χ2n) is 7.31. The monoisotopic (exact) mass is 362 g/mol. The van der Waals surface area contributed by atoms with Crippen molar-refractivity contribution in [1.29, 1.82) is 0 Å². The van der Waals surface area contributed by atoms with Crippen molar-refractivity contribution in [3.8, 4) is 5.75 Å². The van der Waals surface area contributed by atoms with Crippen LogP contribution in [0.1, 0.15) is 42.9 Å². The van der Waals surface area contributed by atoms with Gasteiger partial charge in [0.15, 0.2) is 11.6 Å².